The first-order valence-corrected chi connectivity index (χ1v) is 5.39. The van der Waals surface area contributed by atoms with Crippen molar-refractivity contribution in [2.45, 2.75) is 13.0 Å². The Morgan fingerprint density at radius 2 is 2.00 bits per heavy atom. The average molecular weight is 236 g/mol. The SMILES string of the molecule is CCOC(=O)CNC(=O)[C@H](N)c1ccccc1. The van der Waals surface area contributed by atoms with Gasteiger partial charge in [0.15, 0.2) is 0 Å². The van der Waals surface area contributed by atoms with Gasteiger partial charge >= 0.3 is 5.97 Å². The Morgan fingerprint density at radius 1 is 1.35 bits per heavy atom. The van der Waals surface area contributed by atoms with Crippen LogP contribution in [0.4, 0.5) is 0 Å². The van der Waals surface area contributed by atoms with E-state index in [-0.39, 0.29) is 6.54 Å². The standard InChI is InChI=1S/C12H16N2O3/c1-2-17-10(15)8-14-12(16)11(13)9-6-4-3-5-7-9/h3-7,11H,2,8,13H2,1H3,(H,14,16)/t11-/m1/s1. The molecule has 0 heterocycles. The lowest BCUT2D eigenvalue weighted by Gasteiger charge is -2.11. The summed E-state index contributed by atoms with van der Waals surface area (Å²) in [4.78, 5) is 22.6. The van der Waals surface area contributed by atoms with Crippen LogP contribution in [0.1, 0.15) is 18.5 Å². The molecule has 0 aliphatic rings. The fourth-order valence-electron chi connectivity index (χ4n) is 1.29. The zero-order chi connectivity index (χ0) is 12.7. The maximum absolute atomic E-state index is 11.6. The summed E-state index contributed by atoms with van der Waals surface area (Å²) >= 11 is 0. The van der Waals surface area contributed by atoms with Crippen LogP contribution in [0.25, 0.3) is 0 Å². The monoisotopic (exact) mass is 236 g/mol. The molecule has 1 aromatic rings. The van der Waals surface area contributed by atoms with Gasteiger partial charge in [-0.15, -0.1) is 0 Å². The van der Waals surface area contributed by atoms with E-state index in [1.54, 1.807) is 31.2 Å². The molecule has 5 heteroatoms. The zero-order valence-electron chi connectivity index (χ0n) is 9.68. The van der Waals surface area contributed by atoms with Gasteiger partial charge in [-0.1, -0.05) is 30.3 Å². The summed E-state index contributed by atoms with van der Waals surface area (Å²) in [5.74, 6) is -0.870. The molecule has 17 heavy (non-hydrogen) atoms. The van der Waals surface area contributed by atoms with Crippen molar-refractivity contribution in [1.82, 2.24) is 5.32 Å². The maximum Gasteiger partial charge on any atom is 0.325 e. The van der Waals surface area contributed by atoms with Gasteiger partial charge in [0.25, 0.3) is 0 Å². The third-order valence-corrected chi connectivity index (χ3v) is 2.15. The number of hydrogen-bond acceptors (Lipinski definition) is 4. The van der Waals surface area contributed by atoms with Gasteiger partial charge in [0.2, 0.25) is 5.91 Å². The fraction of sp³-hybridized carbons (Fsp3) is 0.333. The van der Waals surface area contributed by atoms with E-state index in [1.807, 2.05) is 6.07 Å². The Morgan fingerprint density at radius 3 is 2.59 bits per heavy atom. The summed E-state index contributed by atoms with van der Waals surface area (Å²) in [6.07, 6.45) is 0. The molecule has 1 rings (SSSR count). The summed E-state index contributed by atoms with van der Waals surface area (Å²) < 4.78 is 4.68. The number of carbonyl (C=O) groups is 2. The van der Waals surface area contributed by atoms with Crippen molar-refractivity contribution in [3.8, 4) is 0 Å². The number of amides is 1. The van der Waals surface area contributed by atoms with E-state index >= 15 is 0 Å². The van der Waals surface area contributed by atoms with Crippen molar-refractivity contribution in [1.29, 1.82) is 0 Å². The first-order valence-electron chi connectivity index (χ1n) is 5.39. The lowest BCUT2D eigenvalue weighted by Crippen LogP contribution is -2.37. The Kier molecular flexibility index (Phi) is 5.16. The molecular formula is C12H16N2O3. The Bertz CT molecular complexity index is 379. The highest BCUT2D eigenvalue weighted by molar-refractivity contribution is 5.86. The quantitative estimate of drug-likeness (QED) is 0.723. The molecule has 5 nitrogen and oxygen atoms in total. The van der Waals surface area contributed by atoms with Crippen LogP contribution in [-0.2, 0) is 14.3 Å². The van der Waals surface area contributed by atoms with Crippen LogP contribution in [0, 0.1) is 0 Å². The van der Waals surface area contributed by atoms with E-state index in [4.69, 9.17) is 5.73 Å². The molecule has 3 N–H and O–H groups in total. The summed E-state index contributed by atoms with van der Waals surface area (Å²) in [5.41, 5.74) is 6.44. The third-order valence-electron chi connectivity index (χ3n) is 2.15. The molecule has 0 bridgehead atoms. The molecule has 0 radical (unpaired) electrons. The molecule has 0 aliphatic heterocycles. The predicted molar refractivity (Wildman–Crippen MR) is 63.0 cm³/mol. The van der Waals surface area contributed by atoms with E-state index in [0.717, 1.165) is 0 Å². The molecule has 1 atom stereocenters. The summed E-state index contributed by atoms with van der Waals surface area (Å²) in [5, 5.41) is 2.43. The Hall–Kier alpha value is -1.88. The van der Waals surface area contributed by atoms with Crippen molar-refractivity contribution >= 4 is 11.9 Å². The van der Waals surface area contributed by atoms with Crippen LogP contribution >= 0.6 is 0 Å². The first kappa shape index (κ1) is 13.2. The average Bonchev–Trinajstić information content (AvgIpc) is 2.36. The fourth-order valence-corrected chi connectivity index (χ4v) is 1.29. The highest BCUT2D eigenvalue weighted by Crippen LogP contribution is 2.08. The molecule has 0 fully saturated rings. The third kappa shape index (κ3) is 4.24. The molecule has 1 aromatic carbocycles. The van der Waals surface area contributed by atoms with Gasteiger partial charge in [-0.25, -0.2) is 0 Å². The second kappa shape index (κ2) is 6.65. The second-order valence-corrected chi connectivity index (χ2v) is 3.41. The highest BCUT2D eigenvalue weighted by atomic mass is 16.5. The summed E-state index contributed by atoms with van der Waals surface area (Å²) in [7, 11) is 0. The molecule has 92 valence electrons. The molecule has 0 saturated heterocycles. The lowest BCUT2D eigenvalue weighted by molar-refractivity contribution is -0.143. The highest BCUT2D eigenvalue weighted by Gasteiger charge is 2.16. The minimum atomic E-state index is -0.773. The smallest absolute Gasteiger partial charge is 0.325 e. The van der Waals surface area contributed by atoms with E-state index in [0.29, 0.717) is 12.2 Å². The number of esters is 1. The van der Waals surface area contributed by atoms with Crippen molar-refractivity contribution in [2.75, 3.05) is 13.2 Å². The maximum atomic E-state index is 11.6. The lowest BCUT2D eigenvalue weighted by atomic mass is 10.1. The Labute approximate surface area is 99.9 Å². The van der Waals surface area contributed by atoms with E-state index in [9.17, 15) is 9.59 Å². The predicted octanol–water partition coefficient (Wildman–Crippen LogP) is 0.366. The topological polar surface area (TPSA) is 81.4 Å². The van der Waals surface area contributed by atoms with Crippen LogP contribution < -0.4 is 11.1 Å². The first-order chi connectivity index (χ1) is 8.15. The van der Waals surface area contributed by atoms with Gasteiger partial charge in [0.05, 0.1) is 6.61 Å². The number of benzene rings is 1. The van der Waals surface area contributed by atoms with Crippen LogP contribution in [-0.4, -0.2) is 25.0 Å². The molecule has 0 aromatic heterocycles. The second-order valence-electron chi connectivity index (χ2n) is 3.41. The molecule has 1 amide bonds. The van der Waals surface area contributed by atoms with E-state index in [1.165, 1.54) is 0 Å². The number of hydrogen-bond donors (Lipinski definition) is 2. The van der Waals surface area contributed by atoms with Gasteiger partial charge in [-0.05, 0) is 12.5 Å². The van der Waals surface area contributed by atoms with Crippen molar-refractivity contribution in [3.05, 3.63) is 35.9 Å². The largest absolute Gasteiger partial charge is 0.465 e. The van der Waals surface area contributed by atoms with Crippen LogP contribution in [0.2, 0.25) is 0 Å². The van der Waals surface area contributed by atoms with Crippen LogP contribution in [0.3, 0.4) is 0 Å². The van der Waals surface area contributed by atoms with E-state index in [2.05, 4.69) is 10.1 Å². The van der Waals surface area contributed by atoms with Gasteiger partial charge in [-0.2, -0.15) is 0 Å². The minimum Gasteiger partial charge on any atom is -0.465 e. The number of ether oxygens (including phenoxy) is 1. The minimum absolute atomic E-state index is 0.160. The number of carbonyl (C=O) groups excluding carboxylic acids is 2. The van der Waals surface area contributed by atoms with Crippen LogP contribution in [0.15, 0.2) is 30.3 Å². The molecule has 0 aliphatic carbocycles. The Balaban J connectivity index is 2.45. The van der Waals surface area contributed by atoms with Gasteiger partial charge < -0.3 is 15.8 Å². The number of rotatable bonds is 5. The normalized spacial score (nSPS) is 11.6. The van der Waals surface area contributed by atoms with Crippen molar-refractivity contribution < 1.29 is 14.3 Å². The molecular weight excluding hydrogens is 220 g/mol. The van der Waals surface area contributed by atoms with Crippen LogP contribution in [0.5, 0.6) is 0 Å². The van der Waals surface area contributed by atoms with Gasteiger partial charge in [0, 0.05) is 0 Å². The van der Waals surface area contributed by atoms with Crippen molar-refractivity contribution in [2.24, 2.45) is 5.73 Å². The summed E-state index contributed by atoms with van der Waals surface area (Å²) in [6, 6.07) is 8.18. The molecule has 0 unspecified atom stereocenters. The van der Waals surface area contributed by atoms with Gasteiger partial charge in [-0.3, -0.25) is 9.59 Å². The number of nitrogens with one attached hydrogen (secondary N) is 1. The zero-order valence-corrected chi connectivity index (χ0v) is 9.68. The van der Waals surface area contributed by atoms with Gasteiger partial charge in [0.1, 0.15) is 12.6 Å². The van der Waals surface area contributed by atoms with E-state index < -0.39 is 17.9 Å². The molecule has 0 saturated carbocycles. The number of nitrogens with two attached hydrogens (primary N) is 1. The molecule has 0 spiro atoms. The van der Waals surface area contributed by atoms with Crippen molar-refractivity contribution in [3.63, 3.8) is 0 Å². The summed E-state index contributed by atoms with van der Waals surface area (Å²) in [6.45, 7) is 1.84.